The lowest BCUT2D eigenvalue weighted by atomic mass is 9.77. The Morgan fingerprint density at radius 2 is 1.79 bits per heavy atom. The molecule has 0 aromatic heterocycles. The van der Waals surface area contributed by atoms with E-state index < -0.39 is 0 Å². The first-order valence-electron chi connectivity index (χ1n) is 9.76. The molecular formula is C21H30N2O. The summed E-state index contributed by atoms with van der Waals surface area (Å²) in [5.41, 5.74) is 2.28. The summed E-state index contributed by atoms with van der Waals surface area (Å²) in [6.45, 7) is 6.34. The molecule has 3 nitrogen and oxygen atoms in total. The van der Waals surface area contributed by atoms with Gasteiger partial charge in [-0.2, -0.15) is 0 Å². The van der Waals surface area contributed by atoms with Crippen LogP contribution in [-0.4, -0.2) is 37.0 Å². The van der Waals surface area contributed by atoms with Crippen LogP contribution in [0.2, 0.25) is 0 Å². The number of fused-ring (bicyclic) bond motifs is 1. The maximum absolute atomic E-state index is 13.6. The van der Waals surface area contributed by atoms with E-state index >= 15 is 0 Å². The van der Waals surface area contributed by atoms with Crippen LogP contribution in [0.25, 0.3) is 0 Å². The first-order valence-corrected chi connectivity index (χ1v) is 9.76. The van der Waals surface area contributed by atoms with Gasteiger partial charge in [-0.05, 0) is 63.1 Å². The fourth-order valence-electron chi connectivity index (χ4n) is 5.27. The zero-order valence-corrected chi connectivity index (χ0v) is 14.9. The third kappa shape index (κ3) is 2.77. The second kappa shape index (κ2) is 6.51. The van der Waals surface area contributed by atoms with Crippen molar-refractivity contribution in [1.29, 1.82) is 0 Å². The van der Waals surface area contributed by atoms with Crippen LogP contribution in [0, 0.1) is 18.8 Å². The van der Waals surface area contributed by atoms with Crippen molar-refractivity contribution >= 4 is 5.91 Å². The molecule has 1 aliphatic carbocycles. The van der Waals surface area contributed by atoms with E-state index in [1.807, 2.05) is 0 Å². The number of amides is 1. The average Bonchev–Trinajstić information content (AvgIpc) is 3.21. The van der Waals surface area contributed by atoms with Crippen LogP contribution in [-0.2, 0) is 10.2 Å². The summed E-state index contributed by atoms with van der Waals surface area (Å²) in [5.74, 6) is 1.97. The van der Waals surface area contributed by atoms with Crippen molar-refractivity contribution in [3.8, 4) is 0 Å². The average molecular weight is 326 g/mol. The molecule has 24 heavy (non-hydrogen) atoms. The Kier molecular flexibility index (Phi) is 4.38. The minimum Gasteiger partial charge on any atom is -0.342 e. The molecule has 0 spiro atoms. The summed E-state index contributed by atoms with van der Waals surface area (Å²) in [6.07, 6.45) is 6.77. The highest BCUT2D eigenvalue weighted by Crippen LogP contribution is 2.43. The largest absolute Gasteiger partial charge is 0.342 e. The van der Waals surface area contributed by atoms with Gasteiger partial charge < -0.3 is 10.2 Å². The number of aryl methyl sites for hydroxylation is 1. The molecule has 4 rings (SSSR count). The SMILES string of the molecule is Cc1cccc(C2(C(=O)N3CC[C@@H]4CNC[C@@H]4CC3)CCCC2)c1. The van der Waals surface area contributed by atoms with Gasteiger partial charge in [-0.3, -0.25) is 4.79 Å². The number of carbonyl (C=O) groups is 1. The quantitative estimate of drug-likeness (QED) is 0.905. The third-order valence-electron chi connectivity index (χ3n) is 6.74. The Balaban J connectivity index is 1.58. The molecule has 3 fully saturated rings. The number of likely N-dealkylation sites (tertiary alicyclic amines) is 1. The molecular weight excluding hydrogens is 296 g/mol. The number of hydrogen-bond donors (Lipinski definition) is 1. The fourth-order valence-corrected chi connectivity index (χ4v) is 5.27. The minimum absolute atomic E-state index is 0.246. The van der Waals surface area contributed by atoms with Crippen molar-refractivity contribution in [2.45, 2.75) is 50.9 Å². The summed E-state index contributed by atoms with van der Waals surface area (Å²) in [7, 11) is 0. The van der Waals surface area contributed by atoms with Gasteiger partial charge in [0.2, 0.25) is 5.91 Å². The van der Waals surface area contributed by atoms with Crippen molar-refractivity contribution in [3.05, 3.63) is 35.4 Å². The highest BCUT2D eigenvalue weighted by atomic mass is 16.2. The second-order valence-electron chi connectivity index (χ2n) is 8.21. The number of nitrogens with zero attached hydrogens (tertiary/aromatic N) is 1. The Morgan fingerprint density at radius 1 is 1.12 bits per heavy atom. The van der Waals surface area contributed by atoms with Gasteiger partial charge in [0.1, 0.15) is 0 Å². The van der Waals surface area contributed by atoms with Crippen LogP contribution < -0.4 is 5.32 Å². The zero-order valence-electron chi connectivity index (χ0n) is 14.9. The Morgan fingerprint density at radius 3 is 2.42 bits per heavy atom. The van der Waals surface area contributed by atoms with Crippen LogP contribution in [0.15, 0.2) is 24.3 Å². The lowest BCUT2D eigenvalue weighted by Gasteiger charge is -2.35. The molecule has 1 saturated carbocycles. The molecule has 2 saturated heterocycles. The van der Waals surface area contributed by atoms with Gasteiger partial charge in [-0.25, -0.2) is 0 Å². The van der Waals surface area contributed by atoms with Gasteiger partial charge in [0, 0.05) is 13.1 Å². The molecule has 0 unspecified atom stereocenters. The molecule has 130 valence electrons. The van der Waals surface area contributed by atoms with Gasteiger partial charge in [0.15, 0.2) is 0 Å². The Labute approximate surface area is 145 Å². The molecule has 0 bridgehead atoms. The lowest BCUT2D eigenvalue weighted by Crippen LogP contribution is -2.46. The van der Waals surface area contributed by atoms with E-state index in [1.165, 1.54) is 36.8 Å². The summed E-state index contributed by atoms with van der Waals surface area (Å²) in [5, 5.41) is 3.53. The molecule has 2 aliphatic heterocycles. The van der Waals surface area contributed by atoms with Crippen LogP contribution in [0.1, 0.15) is 49.7 Å². The number of hydrogen-bond acceptors (Lipinski definition) is 2. The van der Waals surface area contributed by atoms with Crippen molar-refractivity contribution in [3.63, 3.8) is 0 Å². The van der Waals surface area contributed by atoms with Gasteiger partial charge >= 0.3 is 0 Å². The van der Waals surface area contributed by atoms with Crippen molar-refractivity contribution in [1.82, 2.24) is 10.2 Å². The maximum atomic E-state index is 13.6. The van der Waals surface area contributed by atoms with Gasteiger partial charge in [0.05, 0.1) is 5.41 Å². The smallest absolute Gasteiger partial charge is 0.233 e. The summed E-state index contributed by atoms with van der Waals surface area (Å²) < 4.78 is 0. The normalized spacial score (nSPS) is 29.3. The van der Waals surface area contributed by atoms with Crippen LogP contribution in [0.5, 0.6) is 0 Å². The highest BCUT2D eigenvalue weighted by molar-refractivity contribution is 5.88. The molecule has 0 radical (unpaired) electrons. The summed E-state index contributed by atoms with van der Waals surface area (Å²) >= 11 is 0. The fraction of sp³-hybridized carbons (Fsp3) is 0.667. The first-order chi connectivity index (χ1) is 11.7. The Hall–Kier alpha value is -1.35. The van der Waals surface area contributed by atoms with Gasteiger partial charge in [0.25, 0.3) is 0 Å². The third-order valence-corrected chi connectivity index (χ3v) is 6.74. The molecule has 1 amide bonds. The molecule has 2 atom stereocenters. The number of nitrogens with one attached hydrogen (secondary N) is 1. The van der Waals surface area contributed by atoms with E-state index in [4.69, 9.17) is 0 Å². The lowest BCUT2D eigenvalue weighted by molar-refractivity contribution is -0.137. The Bertz CT molecular complexity index is 592. The van der Waals surface area contributed by atoms with E-state index in [-0.39, 0.29) is 5.41 Å². The monoisotopic (exact) mass is 326 g/mol. The predicted octanol–water partition coefficient (Wildman–Crippen LogP) is 3.26. The van der Waals surface area contributed by atoms with E-state index in [1.54, 1.807) is 0 Å². The molecule has 1 N–H and O–H groups in total. The molecule has 1 aromatic carbocycles. The molecule has 2 heterocycles. The minimum atomic E-state index is -0.246. The predicted molar refractivity (Wildman–Crippen MR) is 97.0 cm³/mol. The first kappa shape index (κ1) is 16.1. The van der Waals surface area contributed by atoms with E-state index in [0.29, 0.717) is 5.91 Å². The number of benzene rings is 1. The van der Waals surface area contributed by atoms with Crippen molar-refractivity contribution in [2.75, 3.05) is 26.2 Å². The van der Waals surface area contributed by atoms with Crippen molar-refractivity contribution in [2.24, 2.45) is 11.8 Å². The van der Waals surface area contributed by atoms with Gasteiger partial charge in [-0.1, -0.05) is 42.7 Å². The van der Waals surface area contributed by atoms with Crippen LogP contribution >= 0.6 is 0 Å². The molecule has 1 aromatic rings. The van der Waals surface area contributed by atoms with E-state index in [2.05, 4.69) is 41.4 Å². The molecule has 3 heteroatoms. The summed E-state index contributed by atoms with van der Waals surface area (Å²) in [6, 6.07) is 8.69. The van der Waals surface area contributed by atoms with Crippen LogP contribution in [0.4, 0.5) is 0 Å². The van der Waals surface area contributed by atoms with Gasteiger partial charge in [-0.15, -0.1) is 0 Å². The van der Waals surface area contributed by atoms with E-state index in [9.17, 15) is 4.79 Å². The highest BCUT2D eigenvalue weighted by Gasteiger charge is 2.45. The second-order valence-corrected chi connectivity index (χ2v) is 8.21. The number of rotatable bonds is 2. The maximum Gasteiger partial charge on any atom is 0.233 e. The number of carbonyl (C=O) groups excluding carboxylic acids is 1. The van der Waals surface area contributed by atoms with Crippen molar-refractivity contribution < 1.29 is 4.79 Å². The molecule has 3 aliphatic rings. The standard InChI is InChI=1S/C21H30N2O/c1-16-5-4-6-19(13-16)21(9-2-3-10-21)20(24)23-11-7-17-14-22-15-18(17)8-12-23/h4-6,13,17-18,22H,2-3,7-12,14-15H2,1H3/t17-,18+. The van der Waals surface area contributed by atoms with Crippen LogP contribution in [0.3, 0.4) is 0 Å². The topological polar surface area (TPSA) is 32.3 Å². The van der Waals surface area contributed by atoms with E-state index in [0.717, 1.165) is 50.9 Å². The zero-order chi connectivity index (χ0) is 16.6. The summed E-state index contributed by atoms with van der Waals surface area (Å²) in [4.78, 5) is 15.8.